The summed E-state index contributed by atoms with van der Waals surface area (Å²) in [5.41, 5.74) is 0. The van der Waals surface area contributed by atoms with Gasteiger partial charge in [-0.15, -0.1) is 5.10 Å². The van der Waals surface area contributed by atoms with Gasteiger partial charge in [0.25, 0.3) is 0 Å². The van der Waals surface area contributed by atoms with E-state index in [9.17, 15) is 0 Å². The molecule has 1 fully saturated rings. The monoisotopic (exact) mass is 226 g/mol. The Hall–Kier alpha value is -1.14. The fourth-order valence-electron chi connectivity index (χ4n) is 1.76. The highest BCUT2D eigenvalue weighted by Gasteiger charge is 2.19. The van der Waals surface area contributed by atoms with Gasteiger partial charge in [-0.25, -0.2) is 0 Å². The van der Waals surface area contributed by atoms with Crippen LogP contribution in [0.1, 0.15) is 19.2 Å². The van der Waals surface area contributed by atoms with E-state index in [4.69, 9.17) is 9.15 Å². The summed E-state index contributed by atoms with van der Waals surface area (Å²) >= 11 is 0. The van der Waals surface area contributed by atoms with E-state index in [2.05, 4.69) is 27.3 Å². The molecule has 1 unspecified atom stereocenters. The zero-order chi connectivity index (χ0) is 11.4. The van der Waals surface area contributed by atoms with Crippen molar-refractivity contribution in [1.29, 1.82) is 0 Å². The molecule has 0 aliphatic carbocycles. The van der Waals surface area contributed by atoms with Gasteiger partial charge in [-0.3, -0.25) is 0 Å². The lowest BCUT2D eigenvalue weighted by Crippen LogP contribution is -2.30. The summed E-state index contributed by atoms with van der Waals surface area (Å²) in [5.74, 6) is 0.621. The first kappa shape index (κ1) is 11.3. The van der Waals surface area contributed by atoms with Crippen molar-refractivity contribution in [3.8, 4) is 0 Å². The van der Waals surface area contributed by atoms with Crippen LogP contribution in [0.2, 0.25) is 0 Å². The standard InChI is InChI=1S/C10H18N4O2/c1-8-7-14(4-3-5-15-8)10-13-12-9(16-10)6-11-2/h8,11H,3-7H2,1-2H3. The van der Waals surface area contributed by atoms with Crippen LogP contribution in [0.5, 0.6) is 0 Å². The maximum absolute atomic E-state index is 5.56. The van der Waals surface area contributed by atoms with E-state index >= 15 is 0 Å². The third kappa shape index (κ3) is 2.70. The highest BCUT2D eigenvalue weighted by molar-refractivity contribution is 5.24. The van der Waals surface area contributed by atoms with Crippen molar-refractivity contribution < 1.29 is 9.15 Å². The molecule has 2 heterocycles. The van der Waals surface area contributed by atoms with E-state index in [0.717, 1.165) is 26.1 Å². The number of rotatable bonds is 3. The van der Waals surface area contributed by atoms with Crippen LogP contribution in [0.25, 0.3) is 0 Å². The molecule has 0 amide bonds. The van der Waals surface area contributed by atoms with E-state index in [1.807, 2.05) is 7.05 Å². The smallest absolute Gasteiger partial charge is 0.318 e. The van der Waals surface area contributed by atoms with Gasteiger partial charge in [0.2, 0.25) is 5.89 Å². The molecular formula is C10H18N4O2. The van der Waals surface area contributed by atoms with Crippen LogP contribution in [-0.2, 0) is 11.3 Å². The molecule has 0 spiro atoms. The fourth-order valence-corrected chi connectivity index (χ4v) is 1.76. The largest absolute Gasteiger partial charge is 0.407 e. The van der Waals surface area contributed by atoms with Gasteiger partial charge in [0.15, 0.2) is 0 Å². The lowest BCUT2D eigenvalue weighted by molar-refractivity contribution is 0.0818. The highest BCUT2D eigenvalue weighted by Crippen LogP contribution is 2.16. The lowest BCUT2D eigenvalue weighted by Gasteiger charge is -2.18. The van der Waals surface area contributed by atoms with Crippen LogP contribution in [-0.4, -0.2) is 43.0 Å². The zero-order valence-corrected chi connectivity index (χ0v) is 9.77. The third-order valence-corrected chi connectivity index (χ3v) is 2.51. The number of hydrogen-bond acceptors (Lipinski definition) is 6. The molecule has 0 radical (unpaired) electrons. The van der Waals surface area contributed by atoms with E-state index < -0.39 is 0 Å². The molecule has 6 heteroatoms. The molecule has 1 aromatic rings. The van der Waals surface area contributed by atoms with Crippen LogP contribution in [0.3, 0.4) is 0 Å². The van der Waals surface area contributed by atoms with Gasteiger partial charge in [0, 0.05) is 19.7 Å². The van der Waals surface area contributed by atoms with Gasteiger partial charge < -0.3 is 19.4 Å². The molecule has 1 N–H and O–H groups in total. The Morgan fingerprint density at radius 1 is 1.50 bits per heavy atom. The van der Waals surface area contributed by atoms with Crippen molar-refractivity contribution in [2.24, 2.45) is 0 Å². The van der Waals surface area contributed by atoms with E-state index in [-0.39, 0.29) is 6.10 Å². The fraction of sp³-hybridized carbons (Fsp3) is 0.800. The average molecular weight is 226 g/mol. The molecule has 1 aliphatic heterocycles. The van der Waals surface area contributed by atoms with E-state index in [0.29, 0.717) is 18.5 Å². The molecule has 1 saturated heterocycles. The van der Waals surface area contributed by atoms with Crippen molar-refractivity contribution in [3.05, 3.63) is 5.89 Å². The van der Waals surface area contributed by atoms with E-state index in [1.165, 1.54) is 0 Å². The Morgan fingerprint density at radius 3 is 3.19 bits per heavy atom. The van der Waals surface area contributed by atoms with E-state index in [1.54, 1.807) is 0 Å². The molecule has 1 aliphatic rings. The molecule has 90 valence electrons. The zero-order valence-electron chi connectivity index (χ0n) is 9.77. The third-order valence-electron chi connectivity index (χ3n) is 2.51. The Kier molecular flexibility index (Phi) is 3.74. The Labute approximate surface area is 95.0 Å². The molecule has 16 heavy (non-hydrogen) atoms. The van der Waals surface area contributed by atoms with Gasteiger partial charge >= 0.3 is 6.01 Å². The first-order valence-electron chi connectivity index (χ1n) is 5.63. The minimum Gasteiger partial charge on any atom is -0.407 e. The Balaban J connectivity index is 2.03. The summed E-state index contributed by atoms with van der Waals surface area (Å²) in [6.07, 6.45) is 1.20. The molecule has 2 rings (SSSR count). The second-order valence-electron chi connectivity index (χ2n) is 3.99. The average Bonchev–Trinajstić information content (AvgIpc) is 2.61. The quantitative estimate of drug-likeness (QED) is 0.805. The normalized spacial score (nSPS) is 22.1. The number of anilines is 1. The predicted molar refractivity (Wildman–Crippen MR) is 59.3 cm³/mol. The molecule has 1 aromatic heterocycles. The van der Waals surface area contributed by atoms with Crippen LogP contribution < -0.4 is 10.2 Å². The summed E-state index contributed by atoms with van der Waals surface area (Å²) < 4.78 is 11.1. The maximum atomic E-state index is 5.56. The summed E-state index contributed by atoms with van der Waals surface area (Å²) in [7, 11) is 1.85. The predicted octanol–water partition coefficient (Wildman–Crippen LogP) is 0.404. The number of ether oxygens (including phenoxy) is 1. The van der Waals surface area contributed by atoms with Crippen molar-refractivity contribution in [3.63, 3.8) is 0 Å². The van der Waals surface area contributed by atoms with Gasteiger partial charge in [-0.05, 0) is 20.4 Å². The van der Waals surface area contributed by atoms with Crippen molar-refractivity contribution >= 4 is 6.01 Å². The summed E-state index contributed by atoms with van der Waals surface area (Å²) in [5, 5.41) is 11.0. The van der Waals surface area contributed by atoms with Gasteiger partial charge in [-0.2, -0.15) is 0 Å². The minimum absolute atomic E-state index is 0.210. The Bertz CT molecular complexity index is 328. The maximum Gasteiger partial charge on any atom is 0.318 e. The summed E-state index contributed by atoms with van der Waals surface area (Å²) in [4.78, 5) is 2.09. The first-order valence-corrected chi connectivity index (χ1v) is 5.63. The molecule has 0 bridgehead atoms. The highest BCUT2D eigenvalue weighted by atomic mass is 16.5. The van der Waals surface area contributed by atoms with Gasteiger partial charge in [-0.1, -0.05) is 5.10 Å². The van der Waals surface area contributed by atoms with Crippen LogP contribution in [0.4, 0.5) is 6.01 Å². The topological polar surface area (TPSA) is 63.4 Å². The first-order chi connectivity index (χ1) is 7.79. The van der Waals surface area contributed by atoms with Crippen LogP contribution in [0, 0.1) is 0 Å². The second kappa shape index (κ2) is 5.27. The summed E-state index contributed by atoms with van der Waals surface area (Å²) in [6, 6.07) is 0.600. The van der Waals surface area contributed by atoms with Gasteiger partial charge in [0.05, 0.1) is 12.6 Å². The van der Waals surface area contributed by atoms with Crippen molar-refractivity contribution in [2.75, 3.05) is 31.6 Å². The lowest BCUT2D eigenvalue weighted by atomic mass is 10.4. The number of hydrogen-bond donors (Lipinski definition) is 1. The van der Waals surface area contributed by atoms with Crippen LogP contribution in [0.15, 0.2) is 4.42 Å². The molecule has 6 nitrogen and oxygen atoms in total. The molecule has 0 aromatic carbocycles. The van der Waals surface area contributed by atoms with Crippen LogP contribution >= 0.6 is 0 Å². The second-order valence-corrected chi connectivity index (χ2v) is 3.99. The Morgan fingerprint density at radius 2 is 2.38 bits per heavy atom. The van der Waals surface area contributed by atoms with Crippen molar-refractivity contribution in [2.45, 2.75) is 26.0 Å². The molecule has 0 saturated carbocycles. The van der Waals surface area contributed by atoms with Crippen molar-refractivity contribution in [1.82, 2.24) is 15.5 Å². The number of nitrogens with zero attached hydrogens (tertiary/aromatic N) is 3. The minimum atomic E-state index is 0.210. The number of nitrogens with one attached hydrogen (secondary N) is 1. The summed E-state index contributed by atoms with van der Waals surface area (Å²) in [6.45, 7) is 5.18. The van der Waals surface area contributed by atoms with Gasteiger partial charge in [0.1, 0.15) is 0 Å². The molecule has 1 atom stereocenters. The SMILES string of the molecule is CNCc1nnc(N2CCCOC(C)C2)o1. The number of aromatic nitrogens is 2. The molecular weight excluding hydrogens is 208 g/mol.